The molecule has 14 heavy (non-hydrogen) atoms. The molecule has 0 fully saturated rings. The van der Waals surface area contributed by atoms with Crippen molar-refractivity contribution in [3.8, 4) is 10.0 Å². The molecule has 1 heterocycles. The molecule has 0 saturated carbocycles. The van der Waals surface area contributed by atoms with Crippen LogP contribution in [0.2, 0.25) is 0 Å². The topological polar surface area (TPSA) is 0 Å². The summed E-state index contributed by atoms with van der Waals surface area (Å²) in [5.74, 6) is -0.117. The van der Waals surface area contributed by atoms with Crippen LogP contribution >= 0.6 is 15.9 Å². The van der Waals surface area contributed by atoms with Crippen LogP contribution in [0.5, 0.6) is 0 Å². The van der Waals surface area contributed by atoms with E-state index in [1.54, 1.807) is 6.07 Å². The first-order valence-corrected chi connectivity index (χ1v) is 6.69. The minimum absolute atomic E-state index is 0.117. The van der Waals surface area contributed by atoms with E-state index in [0.29, 0.717) is 0 Å². The van der Waals surface area contributed by atoms with Gasteiger partial charge in [0.05, 0.1) is 0 Å². The zero-order valence-corrected chi connectivity index (χ0v) is 10.8. The SMILES string of the molecule is Cc1ccc(-c2ccc(Br)[se]2)c(F)c1. The first-order chi connectivity index (χ1) is 6.66. The van der Waals surface area contributed by atoms with Gasteiger partial charge in [-0.3, -0.25) is 0 Å². The molecule has 0 nitrogen and oxygen atoms in total. The van der Waals surface area contributed by atoms with Gasteiger partial charge in [-0.15, -0.1) is 0 Å². The Hall–Kier alpha value is -0.371. The second kappa shape index (κ2) is 4.01. The van der Waals surface area contributed by atoms with Crippen molar-refractivity contribution in [2.75, 3.05) is 0 Å². The van der Waals surface area contributed by atoms with Gasteiger partial charge in [-0.25, -0.2) is 0 Å². The van der Waals surface area contributed by atoms with Crippen molar-refractivity contribution in [2.45, 2.75) is 6.92 Å². The molecule has 0 spiro atoms. The molecule has 0 aliphatic carbocycles. The number of halogens is 2. The number of rotatable bonds is 1. The third-order valence-corrected chi connectivity index (χ3v) is 4.97. The van der Waals surface area contributed by atoms with Crippen LogP contribution < -0.4 is 0 Å². The van der Waals surface area contributed by atoms with E-state index in [0.717, 1.165) is 15.6 Å². The van der Waals surface area contributed by atoms with Gasteiger partial charge in [-0.05, 0) is 0 Å². The van der Waals surface area contributed by atoms with Crippen LogP contribution in [0.4, 0.5) is 4.39 Å². The quantitative estimate of drug-likeness (QED) is 0.705. The second-order valence-corrected chi connectivity index (χ2v) is 7.40. The monoisotopic (exact) mass is 318 g/mol. The van der Waals surface area contributed by atoms with E-state index in [1.165, 1.54) is 3.35 Å². The molecule has 2 rings (SSSR count). The Bertz CT molecular complexity index is 462. The fourth-order valence-corrected chi connectivity index (χ4v) is 3.91. The summed E-state index contributed by atoms with van der Waals surface area (Å²) < 4.78 is 15.8. The first-order valence-electron chi connectivity index (χ1n) is 4.18. The maximum atomic E-state index is 13.6. The fraction of sp³-hybridized carbons (Fsp3) is 0.0909. The molecular formula is C11H8BrFSe. The third-order valence-electron chi connectivity index (χ3n) is 1.96. The van der Waals surface area contributed by atoms with Gasteiger partial charge in [0.25, 0.3) is 0 Å². The summed E-state index contributed by atoms with van der Waals surface area (Å²) in [6.45, 7) is 1.90. The Labute approximate surface area is 96.6 Å². The fourth-order valence-electron chi connectivity index (χ4n) is 1.28. The number of benzene rings is 1. The molecule has 0 aliphatic rings. The van der Waals surface area contributed by atoms with Crippen molar-refractivity contribution < 1.29 is 4.39 Å². The number of hydrogen-bond donors (Lipinski definition) is 0. The standard InChI is InChI=1S/C11H8BrFSe/c1-7-2-3-8(9(13)6-7)10-4-5-11(12)14-10/h2-6H,1H3. The van der Waals surface area contributed by atoms with E-state index < -0.39 is 0 Å². The summed E-state index contributed by atoms with van der Waals surface area (Å²) in [4.78, 5) is 0. The number of hydrogen-bond acceptors (Lipinski definition) is 0. The van der Waals surface area contributed by atoms with Crippen molar-refractivity contribution in [2.24, 2.45) is 0 Å². The van der Waals surface area contributed by atoms with Gasteiger partial charge in [-0.1, -0.05) is 0 Å². The molecule has 0 saturated heterocycles. The van der Waals surface area contributed by atoms with Gasteiger partial charge in [-0.2, -0.15) is 0 Å². The molecule has 0 unspecified atom stereocenters. The molecule has 72 valence electrons. The Morgan fingerprint density at radius 3 is 2.57 bits per heavy atom. The molecule has 0 amide bonds. The second-order valence-electron chi connectivity index (χ2n) is 3.09. The van der Waals surface area contributed by atoms with Crippen molar-refractivity contribution in [1.29, 1.82) is 0 Å². The van der Waals surface area contributed by atoms with Gasteiger partial charge in [0.2, 0.25) is 0 Å². The summed E-state index contributed by atoms with van der Waals surface area (Å²) in [7, 11) is 0. The normalized spacial score (nSPS) is 10.5. The molecule has 1 aromatic heterocycles. The Kier molecular flexibility index (Phi) is 2.91. The van der Waals surface area contributed by atoms with Crippen LogP contribution in [0, 0.1) is 12.7 Å². The molecule has 0 aliphatic heterocycles. The Balaban J connectivity index is 2.52. The molecule has 0 bridgehead atoms. The molecule has 0 radical (unpaired) electrons. The van der Waals surface area contributed by atoms with Crippen molar-refractivity contribution in [1.82, 2.24) is 0 Å². The molecule has 1 aromatic carbocycles. The van der Waals surface area contributed by atoms with Gasteiger partial charge >= 0.3 is 96.8 Å². The summed E-state index contributed by atoms with van der Waals surface area (Å²) in [6, 6.07) is 9.37. The number of aryl methyl sites for hydroxylation is 1. The summed E-state index contributed by atoms with van der Waals surface area (Å²) in [5.41, 5.74) is 1.70. The van der Waals surface area contributed by atoms with Crippen molar-refractivity contribution in [3.05, 3.63) is 45.1 Å². The first kappa shape index (κ1) is 10.2. The van der Waals surface area contributed by atoms with Crippen molar-refractivity contribution in [3.63, 3.8) is 0 Å². The van der Waals surface area contributed by atoms with E-state index in [9.17, 15) is 4.39 Å². The average Bonchev–Trinajstić information content (AvgIpc) is 2.51. The molecule has 0 N–H and O–H groups in total. The van der Waals surface area contributed by atoms with Crippen LogP contribution in [-0.2, 0) is 0 Å². The molecule has 3 heteroatoms. The summed E-state index contributed by atoms with van der Waals surface area (Å²) >= 11 is 3.66. The van der Waals surface area contributed by atoms with Gasteiger partial charge in [0.1, 0.15) is 0 Å². The van der Waals surface area contributed by atoms with E-state index in [1.807, 2.05) is 31.2 Å². The van der Waals surface area contributed by atoms with E-state index >= 15 is 0 Å². The van der Waals surface area contributed by atoms with Crippen molar-refractivity contribution >= 4 is 30.4 Å². The average molecular weight is 318 g/mol. The Morgan fingerprint density at radius 1 is 1.21 bits per heavy atom. The third kappa shape index (κ3) is 2.00. The Morgan fingerprint density at radius 2 is 2.00 bits per heavy atom. The maximum absolute atomic E-state index is 13.6. The van der Waals surface area contributed by atoms with E-state index in [4.69, 9.17) is 0 Å². The molecule has 2 aromatic rings. The minimum atomic E-state index is -0.117. The van der Waals surface area contributed by atoms with Crippen LogP contribution in [0.1, 0.15) is 5.56 Å². The van der Waals surface area contributed by atoms with Crippen LogP contribution in [-0.4, -0.2) is 14.5 Å². The summed E-state index contributed by atoms with van der Waals surface area (Å²) in [5, 5.41) is 0. The predicted octanol–water partition coefficient (Wildman–Crippen LogP) is 3.62. The predicted molar refractivity (Wildman–Crippen MR) is 61.2 cm³/mol. The van der Waals surface area contributed by atoms with Crippen LogP contribution in [0.25, 0.3) is 10.0 Å². The van der Waals surface area contributed by atoms with Gasteiger partial charge in [0.15, 0.2) is 0 Å². The van der Waals surface area contributed by atoms with Crippen LogP contribution in [0.3, 0.4) is 0 Å². The van der Waals surface area contributed by atoms with E-state index in [2.05, 4.69) is 15.9 Å². The molecule has 0 atom stereocenters. The zero-order chi connectivity index (χ0) is 10.1. The van der Waals surface area contributed by atoms with Crippen LogP contribution in [0.15, 0.2) is 33.7 Å². The van der Waals surface area contributed by atoms with E-state index in [-0.39, 0.29) is 20.3 Å². The zero-order valence-electron chi connectivity index (χ0n) is 7.55. The molecular weight excluding hydrogens is 310 g/mol. The van der Waals surface area contributed by atoms with Gasteiger partial charge < -0.3 is 0 Å². The van der Waals surface area contributed by atoms with Gasteiger partial charge in [0, 0.05) is 0 Å². The summed E-state index contributed by atoms with van der Waals surface area (Å²) in [6.07, 6.45) is 0.